The smallest absolute Gasteiger partial charge is 0.0331 e. The van der Waals surface area contributed by atoms with E-state index in [1.54, 1.807) is 0 Å². The van der Waals surface area contributed by atoms with E-state index in [0.29, 0.717) is 6.04 Å². The van der Waals surface area contributed by atoms with Gasteiger partial charge in [-0.05, 0) is 44.4 Å². The van der Waals surface area contributed by atoms with Gasteiger partial charge in [0, 0.05) is 12.5 Å². The molecule has 1 rings (SSSR count). The van der Waals surface area contributed by atoms with Crippen LogP contribution in [0.5, 0.6) is 0 Å². The molecule has 1 heteroatoms. The van der Waals surface area contributed by atoms with Crippen LogP contribution >= 0.6 is 0 Å². The topological polar surface area (TPSA) is 12.0 Å². The van der Waals surface area contributed by atoms with E-state index < -0.39 is 0 Å². The number of aryl methyl sites for hydroxylation is 2. The van der Waals surface area contributed by atoms with Crippen molar-refractivity contribution in [3.8, 4) is 12.3 Å². The van der Waals surface area contributed by atoms with E-state index in [1.807, 2.05) is 0 Å². The summed E-state index contributed by atoms with van der Waals surface area (Å²) in [5.41, 5.74) is 4.06. The highest BCUT2D eigenvalue weighted by atomic mass is 14.9. The Morgan fingerprint density at radius 3 is 2.71 bits per heavy atom. The number of hydrogen-bond acceptors (Lipinski definition) is 1. The van der Waals surface area contributed by atoms with Crippen LogP contribution in [0.1, 0.15) is 48.9 Å². The van der Waals surface area contributed by atoms with E-state index in [2.05, 4.69) is 50.2 Å². The van der Waals surface area contributed by atoms with Gasteiger partial charge in [0.2, 0.25) is 0 Å². The Hall–Kier alpha value is -1.26. The van der Waals surface area contributed by atoms with E-state index in [-0.39, 0.29) is 0 Å². The van der Waals surface area contributed by atoms with Crippen molar-refractivity contribution in [2.75, 3.05) is 6.54 Å². The molecule has 17 heavy (non-hydrogen) atoms. The highest BCUT2D eigenvalue weighted by Gasteiger charge is 2.12. The fraction of sp³-hybridized carbons (Fsp3) is 0.500. The fourth-order valence-corrected chi connectivity index (χ4v) is 2.13. The van der Waals surface area contributed by atoms with Crippen LogP contribution in [0, 0.1) is 26.2 Å². The summed E-state index contributed by atoms with van der Waals surface area (Å²) in [7, 11) is 0. The van der Waals surface area contributed by atoms with E-state index in [9.17, 15) is 0 Å². The van der Waals surface area contributed by atoms with Gasteiger partial charge < -0.3 is 5.32 Å². The first-order chi connectivity index (χ1) is 8.19. The van der Waals surface area contributed by atoms with Crippen LogP contribution in [0.2, 0.25) is 0 Å². The van der Waals surface area contributed by atoms with Gasteiger partial charge in [0.15, 0.2) is 0 Å². The molecule has 92 valence electrons. The lowest BCUT2D eigenvalue weighted by atomic mass is 9.96. The molecule has 1 atom stereocenters. The highest BCUT2D eigenvalue weighted by molar-refractivity contribution is 5.32. The summed E-state index contributed by atoms with van der Waals surface area (Å²) < 4.78 is 0. The maximum Gasteiger partial charge on any atom is 0.0331 e. The average molecular weight is 229 g/mol. The van der Waals surface area contributed by atoms with Crippen molar-refractivity contribution in [1.29, 1.82) is 0 Å². The largest absolute Gasteiger partial charge is 0.310 e. The molecule has 1 unspecified atom stereocenters. The van der Waals surface area contributed by atoms with E-state index >= 15 is 0 Å². The maximum atomic E-state index is 5.37. The van der Waals surface area contributed by atoms with Crippen LogP contribution in [-0.4, -0.2) is 6.54 Å². The molecule has 0 radical (unpaired) electrons. The molecular weight excluding hydrogens is 206 g/mol. The molecule has 0 saturated heterocycles. The number of nitrogens with one attached hydrogen (secondary N) is 1. The molecule has 0 spiro atoms. The molecule has 1 aromatic rings. The first kappa shape index (κ1) is 13.8. The molecule has 0 bridgehead atoms. The number of terminal acetylenes is 1. The van der Waals surface area contributed by atoms with Gasteiger partial charge in [0.1, 0.15) is 0 Å². The van der Waals surface area contributed by atoms with Gasteiger partial charge in [0.05, 0.1) is 0 Å². The Kier molecular flexibility index (Phi) is 5.80. The van der Waals surface area contributed by atoms with Gasteiger partial charge in [-0.2, -0.15) is 0 Å². The highest BCUT2D eigenvalue weighted by Crippen LogP contribution is 2.22. The van der Waals surface area contributed by atoms with Gasteiger partial charge in [-0.25, -0.2) is 0 Å². The molecule has 0 amide bonds. The monoisotopic (exact) mass is 229 g/mol. The summed E-state index contributed by atoms with van der Waals surface area (Å²) in [5, 5.41) is 3.59. The zero-order valence-corrected chi connectivity index (χ0v) is 11.2. The van der Waals surface area contributed by atoms with Crippen LogP contribution in [0.3, 0.4) is 0 Å². The van der Waals surface area contributed by atoms with Gasteiger partial charge >= 0.3 is 0 Å². The van der Waals surface area contributed by atoms with Crippen molar-refractivity contribution in [1.82, 2.24) is 5.32 Å². The molecule has 0 aromatic heterocycles. The second-order valence-electron chi connectivity index (χ2n) is 4.61. The maximum absolute atomic E-state index is 5.37. The summed E-state index contributed by atoms with van der Waals surface area (Å²) in [6.45, 7) is 7.54. The molecule has 0 aliphatic heterocycles. The molecule has 0 aliphatic rings. The summed E-state index contributed by atoms with van der Waals surface area (Å²) in [6.07, 6.45) is 8.36. The second-order valence-corrected chi connectivity index (χ2v) is 4.61. The molecular formula is C16H23N. The normalized spacial score (nSPS) is 12.1. The zero-order chi connectivity index (χ0) is 12.7. The lowest BCUT2D eigenvalue weighted by Crippen LogP contribution is -2.22. The van der Waals surface area contributed by atoms with Crippen LogP contribution in [-0.2, 0) is 0 Å². The third-order valence-corrected chi connectivity index (χ3v) is 3.02. The first-order valence-electron chi connectivity index (χ1n) is 6.43. The van der Waals surface area contributed by atoms with Crippen LogP contribution in [0.15, 0.2) is 18.2 Å². The third-order valence-electron chi connectivity index (χ3n) is 3.02. The Morgan fingerprint density at radius 1 is 1.35 bits per heavy atom. The summed E-state index contributed by atoms with van der Waals surface area (Å²) >= 11 is 0. The predicted octanol–water partition coefficient (Wildman–Crippen LogP) is 3.76. The van der Waals surface area contributed by atoms with Crippen molar-refractivity contribution >= 4 is 0 Å². The first-order valence-corrected chi connectivity index (χ1v) is 6.43. The summed E-state index contributed by atoms with van der Waals surface area (Å²) in [6, 6.07) is 7.05. The van der Waals surface area contributed by atoms with Gasteiger partial charge in [0.25, 0.3) is 0 Å². The Balaban J connectivity index is 2.83. The number of rotatable bonds is 6. The molecule has 0 saturated carbocycles. The Bertz CT molecular complexity index is 387. The SMILES string of the molecule is C#CCCC(NCCC)c1ccc(C)cc1C. The van der Waals surface area contributed by atoms with Crippen molar-refractivity contribution < 1.29 is 0 Å². The minimum absolute atomic E-state index is 0.395. The second kappa shape index (κ2) is 7.14. The van der Waals surface area contributed by atoms with Gasteiger partial charge in [-0.1, -0.05) is 30.7 Å². The predicted molar refractivity (Wildman–Crippen MR) is 75.0 cm³/mol. The van der Waals surface area contributed by atoms with Crippen LogP contribution in [0.4, 0.5) is 0 Å². The quantitative estimate of drug-likeness (QED) is 0.732. The molecule has 1 nitrogen and oxygen atoms in total. The van der Waals surface area contributed by atoms with Crippen molar-refractivity contribution in [3.63, 3.8) is 0 Å². The minimum atomic E-state index is 0.395. The summed E-state index contributed by atoms with van der Waals surface area (Å²) in [4.78, 5) is 0. The average Bonchev–Trinajstić information content (AvgIpc) is 2.30. The van der Waals surface area contributed by atoms with E-state index in [1.165, 1.54) is 16.7 Å². The molecule has 0 fully saturated rings. The standard InChI is InChI=1S/C16H23N/c1-5-7-8-16(17-11-6-2)15-10-9-13(3)12-14(15)4/h1,9-10,12,16-17H,6-8,11H2,2-4H3. The minimum Gasteiger partial charge on any atom is -0.310 e. The zero-order valence-electron chi connectivity index (χ0n) is 11.2. The third kappa shape index (κ3) is 4.24. The van der Waals surface area contributed by atoms with E-state index in [4.69, 9.17) is 6.42 Å². The van der Waals surface area contributed by atoms with Gasteiger partial charge in [-0.3, -0.25) is 0 Å². The molecule has 0 heterocycles. The van der Waals surface area contributed by atoms with Gasteiger partial charge in [-0.15, -0.1) is 12.3 Å². The Morgan fingerprint density at radius 2 is 2.12 bits per heavy atom. The van der Waals surface area contributed by atoms with Crippen molar-refractivity contribution in [2.24, 2.45) is 0 Å². The number of benzene rings is 1. The molecule has 0 aliphatic carbocycles. The van der Waals surface area contributed by atoms with E-state index in [0.717, 1.165) is 25.8 Å². The molecule has 1 N–H and O–H groups in total. The lowest BCUT2D eigenvalue weighted by Gasteiger charge is -2.20. The summed E-state index contributed by atoms with van der Waals surface area (Å²) in [5.74, 6) is 2.74. The lowest BCUT2D eigenvalue weighted by molar-refractivity contribution is 0.503. The van der Waals surface area contributed by atoms with Crippen LogP contribution in [0.25, 0.3) is 0 Å². The Labute approximate surface area is 106 Å². The van der Waals surface area contributed by atoms with Crippen molar-refractivity contribution in [2.45, 2.75) is 46.1 Å². The van der Waals surface area contributed by atoms with Crippen LogP contribution < -0.4 is 5.32 Å². The fourth-order valence-electron chi connectivity index (χ4n) is 2.13. The molecule has 1 aromatic carbocycles. The number of hydrogen-bond donors (Lipinski definition) is 1. The van der Waals surface area contributed by atoms with Crippen molar-refractivity contribution in [3.05, 3.63) is 34.9 Å².